The molecular formula is C23H31N. The van der Waals surface area contributed by atoms with E-state index < -0.39 is 0 Å². The first-order valence-corrected chi connectivity index (χ1v) is 10.2. The van der Waals surface area contributed by atoms with Crippen molar-refractivity contribution < 1.29 is 0 Å². The molecule has 4 aliphatic carbocycles. The molecular weight excluding hydrogens is 290 g/mol. The van der Waals surface area contributed by atoms with E-state index in [1.807, 2.05) is 0 Å². The molecule has 128 valence electrons. The summed E-state index contributed by atoms with van der Waals surface area (Å²) in [5.41, 5.74) is 9.93. The van der Waals surface area contributed by atoms with E-state index in [0.29, 0.717) is 6.04 Å². The number of allylic oxidation sites excluding steroid dienone is 1. The van der Waals surface area contributed by atoms with Gasteiger partial charge in [0, 0.05) is 6.04 Å². The molecule has 1 N–H and O–H groups in total. The standard InChI is InChI=1S/C23H31N/c1-4-16-9-14(3)19-11-21(24-12-15-6-7-15)17-8-5-13(2)18-10-20(16)23(19)22(17)18/h9,15,17-18,21-22,24H,2,4-8,10-12H2,1,3H3. The van der Waals surface area contributed by atoms with Gasteiger partial charge in [-0.3, -0.25) is 0 Å². The fourth-order valence-corrected chi connectivity index (χ4v) is 6.10. The Morgan fingerprint density at radius 2 is 2.00 bits per heavy atom. The average Bonchev–Trinajstić information content (AvgIpc) is 3.33. The summed E-state index contributed by atoms with van der Waals surface area (Å²) in [6.07, 6.45) is 9.25. The molecule has 0 saturated heterocycles. The van der Waals surface area contributed by atoms with Gasteiger partial charge in [0.25, 0.3) is 0 Å². The van der Waals surface area contributed by atoms with E-state index >= 15 is 0 Å². The van der Waals surface area contributed by atoms with Gasteiger partial charge in [-0.2, -0.15) is 0 Å². The van der Waals surface area contributed by atoms with Crippen LogP contribution in [0.3, 0.4) is 0 Å². The van der Waals surface area contributed by atoms with Crippen LogP contribution in [0.25, 0.3) is 0 Å². The van der Waals surface area contributed by atoms with Crippen LogP contribution in [0.15, 0.2) is 18.2 Å². The van der Waals surface area contributed by atoms with Gasteiger partial charge >= 0.3 is 0 Å². The van der Waals surface area contributed by atoms with Crippen molar-refractivity contribution in [1.82, 2.24) is 5.32 Å². The molecule has 1 aromatic carbocycles. The van der Waals surface area contributed by atoms with Crippen molar-refractivity contribution in [2.75, 3.05) is 6.54 Å². The molecule has 0 aromatic heterocycles. The van der Waals surface area contributed by atoms with Crippen LogP contribution in [-0.2, 0) is 19.3 Å². The SMILES string of the molecule is C=C1CCC2C(NCC3CC3)Cc3c(C)cc(CC)c4c3C2C1C4. The van der Waals surface area contributed by atoms with Crippen LogP contribution in [0.5, 0.6) is 0 Å². The molecule has 4 aliphatic rings. The predicted octanol–water partition coefficient (Wildman–Crippen LogP) is 4.70. The minimum atomic E-state index is 0.704. The summed E-state index contributed by atoms with van der Waals surface area (Å²) in [5.74, 6) is 3.32. The van der Waals surface area contributed by atoms with Gasteiger partial charge in [0.2, 0.25) is 0 Å². The van der Waals surface area contributed by atoms with Crippen LogP contribution in [-0.4, -0.2) is 12.6 Å². The Labute approximate surface area is 146 Å². The first-order valence-electron chi connectivity index (χ1n) is 10.2. The molecule has 0 aliphatic heterocycles. The van der Waals surface area contributed by atoms with Crippen molar-refractivity contribution in [2.45, 2.75) is 70.8 Å². The highest BCUT2D eigenvalue weighted by Crippen LogP contribution is 2.57. The molecule has 24 heavy (non-hydrogen) atoms. The van der Waals surface area contributed by atoms with Gasteiger partial charge in [-0.25, -0.2) is 0 Å². The average molecular weight is 322 g/mol. The summed E-state index contributed by atoms with van der Waals surface area (Å²) in [6.45, 7) is 10.4. The van der Waals surface area contributed by atoms with E-state index in [-0.39, 0.29) is 0 Å². The lowest BCUT2D eigenvalue weighted by Crippen LogP contribution is -2.47. The van der Waals surface area contributed by atoms with Crippen molar-refractivity contribution >= 4 is 0 Å². The first kappa shape index (κ1) is 15.2. The number of benzene rings is 1. The maximum absolute atomic E-state index is 4.49. The van der Waals surface area contributed by atoms with E-state index in [1.165, 1.54) is 51.5 Å². The molecule has 2 fully saturated rings. The van der Waals surface area contributed by atoms with Gasteiger partial charge in [0.15, 0.2) is 0 Å². The second-order valence-corrected chi connectivity index (χ2v) is 8.94. The van der Waals surface area contributed by atoms with Gasteiger partial charge in [-0.1, -0.05) is 25.1 Å². The summed E-state index contributed by atoms with van der Waals surface area (Å²) >= 11 is 0. The number of rotatable bonds is 4. The number of aryl methyl sites for hydroxylation is 2. The Bertz CT molecular complexity index is 696. The molecule has 0 radical (unpaired) electrons. The fraction of sp³-hybridized carbons (Fsp3) is 0.652. The molecule has 0 amide bonds. The summed E-state index contributed by atoms with van der Waals surface area (Å²) < 4.78 is 0. The Hall–Kier alpha value is -1.08. The smallest absolute Gasteiger partial charge is 0.0142 e. The summed E-state index contributed by atoms with van der Waals surface area (Å²) in [5, 5.41) is 4.01. The van der Waals surface area contributed by atoms with Gasteiger partial charge < -0.3 is 5.32 Å². The van der Waals surface area contributed by atoms with E-state index in [0.717, 1.165) is 23.7 Å². The van der Waals surface area contributed by atoms with E-state index in [1.54, 1.807) is 33.4 Å². The van der Waals surface area contributed by atoms with Gasteiger partial charge in [0.05, 0.1) is 0 Å². The normalized spacial score (nSPS) is 33.7. The zero-order valence-electron chi connectivity index (χ0n) is 15.3. The molecule has 4 unspecified atom stereocenters. The third-order valence-corrected chi connectivity index (χ3v) is 7.57. The topological polar surface area (TPSA) is 12.0 Å². The third-order valence-electron chi connectivity index (χ3n) is 7.57. The zero-order chi connectivity index (χ0) is 16.4. The molecule has 0 heterocycles. The predicted molar refractivity (Wildman–Crippen MR) is 101 cm³/mol. The van der Waals surface area contributed by atoms with E-state index in [4.69, 9.17) is 0 Å². The van der Waals surface area contributed by atoms with Crippen LogP contribution >= 0.6 is 0 Å². The lowest BCUT2D eigenvalue weighted by molar-refractivity contribution is 0.208. The molecule has 0 bridgehead atoms. The third kappa shape index (κ3) is 2.17. The van der Waals surface area contributed by atoms with Crippen LogP contribution in [0.4, 0.5) is 0 Å². The fourth-order valence-electron chi connectivity index (χ4n) is 6.10. The van der Waals surface area contributed by atoms with Crippen LogP contribution < -0.4 is 5.32 Å². The zero-order valence-corrected chi connectivity index (χ0v) is 15.3. The highest BCUT2D eigenvalue weighted by Gasteiger charge is 2.49. The molecule has 4 atom stereocenters. The quantitative estimate of drug-likeness (QED) is 0.792. The minimum absolute atomic E-state index is 0.704. The highest BCUT2D eigenvalue weighted by molar-refractivity contribution is 5.55. The van der Waals surface area contributed by atoms with Gasteiger partial charge in [-0.05, 0) is 110 Å². The maximum Gasteiger partial charge on any atom is 0.0142 e. The molecule has 0 spiro atoms. The lowest BCUT2D eigenvalue weighted by atomic mass is 9.62. The second kappa shape index (κ2) is 5.46. The van der Waals surface area contributed by atoms with E-state index in [9.17, 15) is 0 Å². The number of nitrogens with one attached hydrogen (secondary N) is 1. The van der Waals surface area contributed by atoms with Crippen LogP contribution in [0.2, 0.25) is 0 Å². The van der Waals surface area contributed by atoms with Crippen molar-refractivity contribution in [3.8, 4) is 0 Å². The van der Waals surface area contributed by atoms with Crippen LogP contribution in [0, 0.1) is 24.7 Å². The largest absolute Gasteiger partial charge is 0.313 e. The molecule has 1 nitrogen and oxygen atoms in total. The monoisotopic (exact) mass is 321 g/mol. The lowest BCUT2D eigenvalue weighted by Gasteiger charge is -2.45. The Kier molecular flexibility index (Phi) is 3.46. The summed E-state index contributed by atoms with van der Waals surface area (Å²) in [4.78, 5) is 0. The van der Waals surface area contributed by atoms with Crippen LogP contribution in [0.1, 0.15) is 66.3 Å². The van der Waals surface area contributed by atoms with Gasteiger partial charge in [0.1, 0.15) is 0 Å². The Morgan fingerprint density at radius 3 is 2.75 bits per heavy atom. The first-order chi connectivity index (χ1) is 11.7. The van der Waals surface area contributed by atoms with E-state index in [2.05, 4.69) is 31.8 Å². The van der Waals surface area contributed by atoms with Crippen molar-refractivity contribution in [1.29, 1.82) is 0 Å². The minimum Gasteiger partial charge on any atom is -0.313 e. The van der Waals surface area contributed by atoms with Crippen molar-refractivity contribution in [2.24, 2.45) is 17.8 Å². The number of hydrogen-bond donors (Lipinski definition) is 1. The summed E-state index contributed by atoms with van der Waals surface area (Å²) in [7, 11) is 0. The van der Waals surface area contributed by atoms with Crippen molar-refractivity contribution in [3.05, 3.63) is 46.0 Å². The highest BCUT2D eigenvalue weighted by atomic mass is 14.9. The van der Waals surface area contributed by atoms with Crippen molar-refractivity contribution in [3.63, 3.8) is 0 Å². The molecule has 1 aromatic rings. The summed E-state index contributed by atoms with van der Waals surface area (Å²) in [6, 6.07) is 3.21. The molecule has 5 rings (SSSR count). The Morgan fingerprint density at radius 1 is 1.17 bits per heavy atom. The Balaban J connectivity index is 1.58. The second-order valence-electron chi connectivity index (χ2n) is 8.94. The maximum atomic E-state index is 4.49. The number of hydrogen-bond acceptors (Lipinski definition) is 1. The molecule has 2 saturated carbocycles. The molecule has 1 heteroatoms. The van der Waals surface area contributed by atoms with Gasteiger partial charge in [-0.15, -0.1) is 0 Å².